The number of sulfonamides is 1. The van der Waals surface area contributed by atoms with E-state index in [1.54, 1.807) is 31.2 Å². The first-order valence-electron chi connectivity index (χ1n) is 12.7. The molecule has 2 heterocycles. The van der Waals surface area contributed by atoms with Crippen LogP contribution in [0.2, 0.25) is 0 Å². The third-order valence-electron chi connectivity index (χ3n) is 6.39. The second kappa shape index (κ2) is 12.1. The lowest BCUT2D eigenvalue weighted by Crippen LogP contribution is -2.16. The average molecular weight is 609 g/mol. The van der Waals surface area contributed by atoms with Crippen LogP contribution in [0, 0.1) is 18.6 Å². The molecule has 0 saturated heterocycles. The van der Waals surface area contributed by atoms with Crippen LogP contribution in [0.5, 0.6) is 11.5 Å². The van der Waals surface area contributed by atoms with Crippen LogP contribution in [0.3, 0.4) is 0 Å². The lowest BCUT2D eigenvalue weighted by Gasteiger charge is -2.12. The number of phenolic OH excluding ortho intramolecular Hbond substituents is 1. The smallest absolute Gasteiger partial charge is 0.281 e. The molecule has 0 atom stereocenters. The van der Waals surface area contributed by atoms with Crippen LogP contribution in [0.1, 0.15) is 21.6 Å². The van der Waals surface area contributed by atoms with Gasteiger partial charge in [0.25, 0.3) is 10.0 Å². The average Bonchev–Trinajstić information content (AvgIpc) is 3.35. The summed E-state index contributed by atoms with van der Waals surface area (Å²) in [5.74, 6) is -1.65. The highest BCUT2D eigenvalue weighted by Crippen LogP contribution is 2.35. The maximum absolute atomic E-state index is 14.1. The van der Waals surface area contributed by atoms with Crippen LogP contribution in [0.25, 0.3) is 11.3 Å². The van der Waals surface area contributed by atoms with Crippen LogP contribution in [-0.2, 0) is 23.0 Å². The van der Waals surface area contributed by atoms with Gasteiger partial charge in [0, 0.05) is 29.0 Å². The molecule has 8 nitrogen and oxygen atoms in total. The fourth-order valence-corrected chi connectivity index (χ4v) is 6.75. The van der Waals surface area contributed by atoms with Crippen molar-refractivity contribution in [2.45, 2.75) is 24.9 Å². The van der Waals surface area contributed by atoms with E-state index >= 15 is 0 Å². The molecule has 0 radical (unpaired) electrons. The molecule has 0 spiro atoms. The van der Waals surface area contributed by atoms with Gasteiger partial charge < -0.3 is 15.2 Å². The molecule has 2 aromatic heterocycles. The molecule has 0 aliphatic rings. The Hall–Kier alpha value is -4.55. The van der Waals surface area contributed by atoms with Crippen molar-refractivity contribution in [1.29, 1.82) is 0 Å². The first kappa shape index (κ1) is 29.0. The molecule has 5 rings (SSSR count). The van der Waals surface area contributed by atoms with E-state index in [1.807, 2.05) is 30.3 Å². The zero-order valence-corrected chi connectivity index (χ0v) is 24.2. The van der Waals surface area contributed by atoms with Gasteiger partial charge in [-0.25, -0.2) is 18.7 Å². The number of nitrogens with zero attached hydrogens (tertiary/aromatic N) is 2. The van der Waals surface area contributed by atoms with E-state index in [-0.39, 0.29) is 22.5 Å². The summed E-state index contributed by atoms with van der Waals surface area (Å²) in [7, 11) is -2.68. The molecule has 0 saturated carbocycles. The number of benzene rings is 3. The number of pyridine rings is 1. The van der Waals surface area contributed by atoms with E-state index in [2.05, 4.69) is 20.0 Å². The predicted molar refractivity (Wildman–Crippen MR) is 158 cm³/mol. The molecule has 0 unspecified atom stereocenters. The third-order valence-corrected chi connectivity index (χ3v) is 8.89. The summed E-state index contributed by atoms with van der Waals surface area (Å²) >= 11 is 1.11. The minimum Gasteiger partial charge on any atom is -0.504 e. The second-order valence-electron chi connectivity index (χ2n) is 9.36. The molecule has 0 bridgehead atoms. The van der Waals surface area contributed by atoms with Crippen LogP contribution in [0.15, 0.2) is 84.0 Å². The minimum absolute atomic E-state index is 0.0124. The Kier molecular flexibility index (Phi) is 8.36. The maximum Gasteiger partial charge on any atom is 0.281 e. The molecular formula is C30H26F2N4O4S2. The van der Waals surface area contributed by atoms with E-state index in [1.165, 1.54) is 19.4 Å². The number of rotatable bonds is 10. The number of methoxy groups -OCH3 is 1. The van der Waals surface area contributed by atoms with Gasteiger partial charge in [-0.05, 0) is 48.4 Å². The van der Waals surface area contributed by atoms with Crippen LogP contribution in [-0.4, -0.2) is 30.6 Å². The number of para-hydroxylation sites is 1. The zero-order valence-electron chi connectivity index (χ0n) is 22.6. The van der Waals surface area contributed by atoms with Crippen LogP contribution >= 0.6 is 11.3 Å². The number of hydrogen-bond acceptors (Lipinski definition) is 8. The molecule has 3 aromatic carbocycles. The van der Waals surface area contributed by atoms with Crippen molar-refractivity contribution in [1.82, 2.24) is 9.97 Å². The van der Waals surface area contributed by atoms with Crippen LogP contribution in [0.4, 0.5) is 19.6 Å². The van der Waals surface area contributed by atoms with Crippen molar-refractivity contribution in [3.8, 4) is 22.8 Å². The quantitative estimate of drug-likeness (QED) is 0.166. The molecule has 42 heavy (non-hydrogen) atoms. The normalized spacial score (nSPS) is 11.3. The Bertz CT molecular complexity index is 1850. The lowest BCUT2D eigenvalue weighted by atomic mass is 10.1. The number of aromatic hydroxyl groups is 1. The summed E-state index contributed by atoms with van der Waals surface area (Å²) in [6.45, 7) is 1.87. The summed E-state index contributed by atoms with van der Waals surface area (Å²) in [5.41, 5.74) is 3.15. The standard InChI is InChI=1S/C30H26F2N4O4S2/c1-18-13-22(33-16-21-9-6-10-25(40-2)28(21)37)17-34-29(18)42(38,39)36-30-35-27(20-11-12-23(31)24(32)15-20)26(41-30)14-19-7-4-3-5-8-19/h3-13,15,17,33,37H,14,16H2,1-2H3,(H,35,36). The summed E-state index contributed by atoms with van der Waals surface area (Å²) < 4.78 is 62.0. The van der Waals surface area contributed by atoms with Gasteiger partial charge in [-0.3, -0.25) is 4.72 Å². The number of ether oxygens (including phenoxy) is 1. The Labute approximate surface area is 245 Å². The number of aryl methyl sites for hydroxylation is 1. The summed E-state index contributed by atoms with van der Waals surface area (Å²) in [6.07, 6.45) is 1.79. The van der Waals surface area contributed by atoms with Crippen molar-refractivity contribution >= 4 is 32.2 Å². The van der Waals surface area contributed by atoms with Gasteiger partial charge in [-0.1, -0.05) is 42.5 Å². The van der Waals surface area contributed by atoms with Gasteiger partial charge in [-0.15, -0.1) is 11.3 Å². The fraction of sp³-hybridized carbons (Fsp3) is 0.133. The Morgan fingerprint density at radius 1 is 1.00 bits per heavy atom. The summed E-state index contributed by atoms with van der Waals surface area (Å²) in [4.78, 5) is 9.31. The van der Waals surface area contributed by atoms with Gasteiger partial charge in [0.1, 0.15) is 0 Å². The molecule has 5 aromatic rings. The minimum atomic E-state index is -4.15. The van der Waals surface area contributed by atoms with Crippen molar-refractivity contribution in [3.63, 3.8) is 0 Å². The van der Waals surface area contributed by atoms with E-state index < -0.39 is 21.7 Å². The van der Waals surface area contributed by atoms with Gasteiger partial charge >= 0.3 is 0 Å². The summed E-state index contributed by atoms with van der Waals surface area (Å²) in [5, 5.41) is 13.3. The number of phenols is 1. The fourth-order valence-electron chi connectivity index (χ4n) is 4.34. The Morgan fingerprint density at radius 3 is 2.50 bits per heavy atom. The highest BCUT2D eigenvalue weighted by atomic mass is 32.2. The van der Waals surface area contributed by atoms with Crippen molar-refractivity contribution in [3.05, 3.63) is 112 Å². The first-order chi connectivity index (χ1) is 20.1. The maximum atomic E-state index is 14.1. The number of anilines is 2. The molecule has 0 fully saturated rings. The van der Waals surface area contributed by atoms with Gasteiger partial charge in [0.05, 0.1) is 24.7 Å². The monoisotopic (exact) mass is 608 g/mol. The molecular weight excluding hydrogens is 582 g/mol. The van der Waals surface area contributed by atoms with Gasteiger partial charge in [0.15, 0.2) is 33.3 Å². The van der Waals surface area contributed by atoms with Gasteiger partial charge in [0.2, 0.25) is 0 Å². The topological polar surface area (TPSA) is 113 Å². The van der Waals surface area contributed by atoms with Crippen molar-refractivity contribution in [2.75, 3.05) is 17.1 Å². The zero-order chi connectivity index (χ0) is 29.9. The first-order valence-corrected chi connectivity index (χ1v) is 15.0. The number of nitrogens with one attached hydrogen (secondary N) is 2. The molecule has 3 N–H and O–H groups in total. The lowest BCUT2D eigenvalue weighted by molar-refractivity contribution is 0.371. The molecule has 12 heteroatoms. The van der Waals surface area contributed by atoms with Crippen molar-refractivity contribution in [2.24, 2.45) is 0 Å². The largest absolute Gasteiger partial charge is 0.504 e. The molecule has 0 aliphatic heterocycles. The van der Waals surface area contributed by atoms with E-state index in [4.69, 9.17) is 4.74 Å². The Balaban J connectivity index is 1.39. The number of halogens is 2. The highest BCUT2D eigenvalue weighted by Gasteiger charge is 2.23. The Morgan fingerprint density at radius 2 is 1.79 bits per heavy atom. The highest BCUT2D eigenvalue weighted by molar-refractivity contribution is 7.92. The molecule has 216 valence electrons. The van der Waals surface area contributed by atoms with Crippen LogP contribution < -0.4 is 14.8 Å². The number of hydrogen-bond donors (Lipinski definition) is 3. The SMILES string of the molecule is COc1cccc(CNc2cnc(S(=O)(=O)Nc3nc(-c4ccc(F)c(F)c4)c(Cc4ccccc4)s3)c(C)c2)c1O. The van der Waals surface area contributed by atoms with Crippen molar-refractivity contribution < 1.29 is 27.0 Å². The third kappa shape index (κ3) is 6.34. The summed E-state index contributed by atoms with van der Waals surface area (Å²) in [6, 6.07) is 19.7. The van der Waals surface area contributed by atoms with Gasteiger partial charge in [-0.2, -0.15) is 8.42 Å². The van der Waals surface area contributed by atoms with E-state index in [0.717, 1.165) is 29.0 Å². The van der Waals surface area contributed by atoms with E-state index in [0.29, 0.717) is 45.1 Å². The number of aromatic nitrogens is 2. The molecule has 0 aliphatic carbocycles. The van der Waals surface area contributed by atoms with E-state index in [9.17, 15) is 22.3 Å². The number of thiazole rings is 1. The second-order valence-corrected chi connectivity index (χ2v) is 12.0. The predicted octanol–water partition coefficient (Wildman–Crippen LogP) is 6.51. The molecule has 0 amide bonds.